The smallest absolute Gasteiger partial charge is 0.337 e. The molecular formula is C14H19NO4S. The second-order valence-electron chi connectivity index (χ2n) is 5.24. The van der Waals surface area contributed by atoms with Gasteiger partial charge in [-0.2, -0.15) is 0 Å². The maximum absolute atomic E-state index is 12.1. The Kier molecular flexibility index (Phi) is 4.65. The first-order valence-electron chi connectivity index (χ1n) is 6.81. The van der Waals surface area contributed by atoms with E-state index in [1.807, 2.05) is 0 Å². The van der Waals surface area contributed by atoms with Crippen molar-refractivity contribution in [1.29, 1.82) is 0 Å². The quantitative estimate of drug-likeness (QED) is 0.875. The van der Waals surface area contributed by atoms with Crippen LogP contribution in [0.5, 0.6) is 0 Å². The number of para-hydroxylation sites is 1. The summed E-state index contributed by atoms with van der Waals surface area (Å²) in [6.07, 6.45) is 5.19. The normalized spacial score (nSPS) is 16.8. The molecule has 6 heteroatoms. The van der Waals surface area contributed by atoms with Gasteiger partial charge in [-0.3, -0.25) is 4.72 Å². The summed E-state index contributed by atoms with van der Waals surface area (Å²) in [5.41, 5.74) is 0.107. The molecule has 1 aromatic carbocycles. The van der Waals surface area contributed by atoms with Crippen molar-refractivity contribution in [3.63, 3.8) is 0 Å². The number of carbonyl (C=O) groups is 1. The van der Waals surface area contributed by atoms with Crippen molar-refractivity contribution in [2.45, 2.75) is 32.1 Å². The van der Waals surface area contributed by atoms with Crippen LogP contribution < -0.4 is 4.72 Å². The summed E-state index contributed by atoms with van der Waals surface area (Å²) < 4.78 is 26.7. The van der Waals surface area contributed by atoms with Gasteiger partial charge in [0.05, 0.1) is 17.0 Å². The van der Waals surface area contributed by atoms with E-state index in [1.165, 1.54) is 18.6 Å². The van der Waals surface area contributed by atoms with Crippen LogP contribution in [0.25, 0.3) is 0 Å². The number of anilines is 1. The van der Waals surface area contributed by atoms with Crippen molar-refractivity contribution in [2.24, 2.45) is 5.92 Å². The van der Waals surface area contributed by atoms with E-state index >= 15 is 0 Å². The largest absolute Gasteiger partial charge is 0.478 e. The minimum Gasteiger partial charge on any atom is -0.478 e. The van der Waals surface area contributed by atoms with E-state index < -0.39 is 16.0 Å². The predicted molar refractivity (Wildman–Crippen MR) is 77.4 cm³/mol. The number of carboxylic acids is 1. The lowest BCUT2D eigenvalue weighted by Crippen LogP contribution is -2.25. The van der Waals surface area contributed by atoms with Gasteiger partial charge >= 0.3 is 5.97 Å². The molecule has 1 aliphatic carbocycles. The molecule has 0 aliphatic heterocycles. The van der Waals surface area contributed by atoms with Gasteiger partial charge in [0.15, 0.2) is 0 Å². The topological polar surface area (TPSA) is 83.5 Å². The molecule has 2 rings (SSSR count). The van der Waals surface area contributed by atoms with Gasteiger partial charge in [-0.25, -0.2) is 13.2 Å². The van der Waals surface area contributed by atoms with Crippen LogP contribution >= 0.6 is 0 Å². The number of nitrogens with one attached hydrogen (secondary N) is 1. The lowest BCUT2D eigenvalue weighted by Gasteiger charge is -2.21. The van der Waals surface area contributed by atoms with Gasteiger partial charge < -0.3 is 5.11 Å². The molecule has 0 aromatic heterocycles. The van der Waals surface area contributed by atoms with Crippen molar-refractivity contribution < 1.29 is 18.3 Å². The van der Waals surface area contributed by atoms with E-state index in [9.17, 15) is 13.2 Å². The fourth-order valence-corrected chi connectivity index (χ4v) is 4.18. The van der Waals surface area contributed by atoms with Crippen LogP contribution in [-0.2, 0) is 10.0 Å². The monoisotopic (exact) mass is 297 g/mol. The molecule has 0 amide bonds. The highest BCUT2D eigenvalue weighted by molar-refractivity contribution is 7.92. The number of carboxylic acid groups (broad SMARTS) is 1. The van der Waals surface area contributed by atoms with E-state index in [4.69, 9.17) is 5.11 Å². The van der Waals surface area contributed by atoms with Crippen molar-refractivity contribution >= 4 is 21.7 Å². The van der Waals surface area contributed by atoms with E-state index in [-0.39, 0.29) is 22.9 Å². The Morgan fingerprint density at radius 3 is 2.50 bits per heavy atom. The zero-order valence-electron chi connectivity index (χ0n) is 11.2. The van der Waals surface area contributed by atoms with Crippen molar-refractivity contribution in [3.05, 3.63) is 29.8 Å². The molecule has 1 saturated carbocycles. The van der Waals surface area contributed by atoms with E-state index in [0.717, 1.165) is 25.7 Å². The number of benzene rings is 1. The third-order valence-electron chi connectivity index (χ3n) is 3.60. The molecule has 0 radical (unpaired) electrons. The third-order valence-corrected chi connectivity index (χ3v) is 5.04. The molecule has 20 heavy (non-hydrogen) atoms. The van der Waals surface area contributed by atoms with Gasteiger partial charge in [-0.05, 0) is 30.9 Å². The van der Waals surface area contributed by atoms with E-state index in [0.29, 0.717) is 0 Å². The third kappa shape index (κ3) is 3.96. The van der Waals surface area contributed by atoms with Gasteiger partial charge in [0.1, 0.15) is 0 Å². The summed E-state index contributed by atoms with van der Waals surface area (Å²) in [5.74, 6) is -0.889. The molecule has 1 aromatic rings. The van der Waals surface area contributed by atoms with Gasteiger partial charge in [0.25, 0.3) is 0 Å². The summed E-state index contributed by atoms with van der Waals surface area (Å²) in [7, 11) is -3.50. The summed E-state index contributed by atoms with van der Waals surface area (Å²) >= 11 is 0. The molecule has 0 heterocycles. The average Bonchev–Trinajstić information content (AvgIpc) is 2.39. The lowest BCUT2D eigenvalue weighted by atomic mass is 9.91. The predicted octanol–water partition coefficient (Wildman–Crippen LogP) is 2.71. The first kappa shape index (κ1) is 14.8. The maximum atomic E-state index is 12.1. The first-order chi connectivity index (χ1) is 9.48. The summed E-state index contributed by atoms with van der Waals surface area (Å²) in [6, 6.07) is 6.05. The Morgan fingerprint density at radius 2 is 1.85 bits per heavy atom. The van der Waals surface area contributed by atoms with Gasteiger partial charge in [-0.15, -0.1) is 0 Å². The van der Waals surface area contributed by atoms with Crippen LogP contribution in [0.1, 0.15) is 42.5 Å². The molecule has 5 nitrogen and oxygen atoms in total. The Bertz CT molecular complexity index is 577. The Labute approximate surface area is 119 Å². The van der Waals surface area contributed by atoms with Crippen LogP contribution in [0.4, 0.5) is 5.69 Å². The summed E-state index contributed by atoms with van der Waals surface area (Å²) in [5, 5.41) is 9.05. The van der Waals surface area contributed by atoms with E-state index in [1.54, 1.807) is 12.1 Å². The number of hydrogen-bond donors (Lipinski definition) is 2. The SMILES string of the molecule is O=C(O)c1ccccc1NS(=O)(=O)CC1CCCCC1. The van der Waals surface area contributed by atoms with Crippen LogP contribution in [0.2, 0.25) is 0 Å². The van der Waals surface area contributed by atoms with Gasteiger partial charge in [0, 0.05) is 0 Å². The standard InChI is InChI=1S/C14H19NO4S/c16-14(17)12-8-4-5-9-13(12)15-20(18,19)10-11-6-2-1-3-7-11/h4-5,8-9,11,15H,1-3,6-7,10H2,(H,16,17). The Hall–Kier alpha value is -1.56. The molecule has 0 atom stereocenters. The van der Waals surface area contributed by atoms with Crippen molar-refractivity contribution in [3.8, 4) is 0 Å². The summed E-state index contributed by atoms with van der Waals surface area (Å²) in [4.78, 5) is 11.1. The highest BCUT2D eigenvalue weighted by Gasteiger charge is 2.22. The first-order valence-corrected chi connectivity index (χ1v) is 8.46. The number of sulfonamides is 1. The Balaban J connectivity index is 2.10. The van der Waals surface area contributed by atoms with Gasteiger partial charge in [0.2, 0.25) is 10.0 Å². The van der Waals surface area contributed by atoms with E-state index in [2.05, 4.69) is 4.72 Å². The highest BCUT2D eigenvalue weighted by Crippen LogP contribution is 2.26. The number of hydrogen-bond acceptors (Lipinski definition) is 3. The van der Waals surface area contributed by atoms with Crippen molar-refractivity contribution in [2.75, 3.05) is 10.5 Å². The molecule has 110 valence electrons. The van der Waals surface area contributed by atoms with Gasteiger partial charge in [-0.1, -0.05) is 31.4 Å². The second kappa shape index (κ2) is 6.26. The Morgan fingerprint density at radius 1 is 1.20 bits per heavy atom. The molecule has 0 spiro atoms. The molecule has 0 saturated heterocycles. The minimum atomic E-state index is -3.50. The number of aromatic carboxylic acids is 1. The minimum absolute atomic E-state index is 0.0280. The lowest BCUT2D eigenvalue weighted by molar-refractivity contribution is 0.0698. The molecule has 2 N–H and O–H groups in total. The van der Waals surface area contributed by atoms with Crippen LogP contribution in [0.3, 0.4) is 0 Å². The second-order valence-corrected chi connectivity index (χ2v) is 7.01. The summed E-state index contributed by atoms with van der Waals surface area (Å²) in [6.45, 7) is 0. The average molecular weight is 297 g/mol. The maximum Gasteiger partial charge on any atom is 0.337 e. The van der Waals surface area contributed by atoms with Crippen LogP contribution in [-0.4, -0.2) is 25.2 Å². The fourth-order valence-electron chi connectivity index (χ4n) is 2.63. The highest BCUT2D eigenvalue weighted by atomic mass is 32.2. The zero-order valence-corrected chi connectivity index (χ0v) is 12.0. The molecule has 1 fully saturated rings. The molecule has 0 unspecified atom stereocenters. The fraction of sp³-hybridized carbons (Fsp3) is 0.500. The zero-order chi connectivity index (χ0) is 14.6. The molecule has 1 aliphatic rings. The molecule has 0 bridgehead atoms. The molecular weight excluding hydrogens is 278 g/mol. The van der Waals surface area contributed by atoms with Crippen LogP contribution in [0, 0.1) is 5.92 Å². The van der Waals surface area contributed by atoms with Crippen molar-refractivity contribution in [1.82, 2.24) is 0 Å². The number of rotatable bonds is 5. The van der Waals surface area contributed by atoms with Crippen LogP contribution in [0.15, 0.2) is 24.3 Å².